The summed E-state index contributed by atoms with van der Waals surface area (Å²) in [4.78, 5) is 0. The van der Waals surface area contributed by atoms with Gasteiger partial charge < -0.3 is 10.5 Å². The molecule has 0 spiro atoms. The molecule has 20 heavy (non-hydrogen) atoms. The minimum Gasteiger partial charge on any atom is -0.485 e. The summed E-state index contributed by atoms with van der Waals surface area (Å²) in [5.74, 6) is 0.935. The van der Waals surface area contributed by atoms with Gasteiger partial charge in [-0.1, -0.05) is 48.9 Å². The highest BCUT2D eigenvalue weighted by atomic mass is 16.5. The zero-order chi connectivity index (χ0) is 14.1. The second kappa shape index (κ2) is 5.29. The van der Waals surface area contributed by atoms with E-state index in [0.717, 1.165) is 24.2 Å². The Hall–Kier alpha value is -1.80. The molecular formula is C18H21NO. The third-order valence-corrected chi connectivity index (χ3v) is 4.08. The van der Waals surface area contributed by atoms with Crippen LogP contribution < -0.4 is 10.5 Å². The van der Waals surface area contributed by atoms with Crippen molar-refractivity contribution in [2.24, 2.45) is 5.73 Å². The lowest BCUT2D eigenvalue weighted by Gasteiger charge is -2.31. The van der Waals surface area contributed by atoms with Gasteiger partial charge in [0.1, 0.15) is 11.9 Å². The zero-order valence-corrected chi connectivity index (χ0v) is 12.1. The summed E-state index contributed by atoms with van der Waals surface area (Å²) in [5, 5.41) is 0. The van der Waals surface area contributed by atoms with Crippen LogP contribution in [0, 0.1) is 6.92 Å². The van der Waals surface area contributed by atoms with Crippen LogP contribution in [-0.4, -0.2) is 0 Å². The Bertz CT molecular complexity index is 621. The molecule has 0 fully saturated rings. The molecule has 2 atom stereocenters. The first-order valence-electron chi connectivity index (χ1n) is 7.29. The molecule has 104 valence electrons. The molecule has 2 aromatic carbocycles. The first-order chi connectivity index (χ1) is 9.69. The fourth-order valence-electron chi connectivity index (χ4n) is 2.98. The topological polar surface area (TPSA) is 35.2 Å². The van der Waals surface area contributed by atoms with Crippen molar-refractivity contribution in [2.45, 2.75) is 38.8 Å². The normalized spacial score (nSPS) is 21.1. The largest absolute Gasteiger partial charge is 0.485 e. The van der Waals surface area contributed by atoms with Crippen LogP contribution in [-0.2, 0) is 6.42 Å². The maximum absolute atomic E-state index is 6.35. The van der Waals surface area contributed by atoms with Crippen LogP contribution in [0.15, 0.2) is 42.5 Å². The third-order valence-electron chi connectivity index (χ3n) is 4.08. The molecule has 1 heterocycles. The molecule has 2 aromatic rings. The van der Waals surface area contributed by atoms with E-state index >= 15 is 0 Å². The molecule has 0 radical (unpaired) electrons. The molecule has 2 nitrogen and oxygen atoms in total. The van der Waals surface area contributed by atoms with Crippen molar-refractivity contribution in [3.05, 3.63) is 64.7 Å². The molecule has 1 aliphatic rings. The molecule has 0 amide bonds. The van der Waals surface area contributed by atoms with Gasteiger partial charge in [0.25, 0.3) is 0 Å². The Labute approximate surface area is 120 Å². The summed E-state index contributed by atoms with van der Waals surface area (Å²) in [6, 6.07) is 14.8. The number of rotatable bonds is 2. The molecule has 1 aliphatic heterocycles. The molecule has 0 aromatic heterocycles. The van der Waals surface area contributed by atoms with Crippen molar-refractivity contribution in [3.8, 4) is 5.75 Å². The van der Waals surface area contributed by atoms with Crippen LogP contribution in [0.5, 0.6) is 5.75 Å². The van der Waals surface area contributed by atoms with Gasteiger partial charge in [0, 0.05) is 18.0 Å². The fourth-order valence-corrected chi connectivity index (χ4v) is 2.98. The quantitative estimate of drug-likeness (QED) is 0.889. The van der Waals surface area contributed by atoms with E-state index in [1.807, 2.05) is 6.07 Å². The monoisotopic (exact) mass is 267 g/mol. The van der Waals surface area contributed by atoms with Gasteiger partial charge in [-0.2, -0.15) is 0 Å². The zero-order valence-electron chi connectivity index (χ0n) is 12.1. The van der Waals surface area contributed by atoms with Gasteiger partial charge in [-0.15, -0.1) is 0 Å². The van der Waals surface area contributed by atoms with Gasteiger partial charge in [0.15, 0.2) is 0 Å². The highest BCUT2D eigenvalue weighted by Gasteiger charge is 2.28. The first kappa shape index (κ1) is 13.2. The standard InChI is InChI=1S/C18H21NO/c1-3-13-6-4-5-7-14(13)18-11-16(19)15-10-12(2)8-9-17(15)20-18/h4-10,16,18H,3,11,19H2,1-2H3. The molecule has 3 rings (SSSR count). The summed E-state index contributed by atoms with van der Waals surface area (Å²) >= 11 is 0. The van der Waals surface area contributed by atoms with E-state index in [0.29, 0.717) is 0 Å². The molecule has 2 N–H and O–H groups in total. The molecule has 2 heteroatoms. The molecule has 0 aliphatic carbocycles. The second-order valence-electron chi connectivity index (χ2n) is 5.54. The van der Waals surface area contributed by atoms with Crippen molar-refractivity contribution in [1.29, 1.82) is 0 Å². The predicted molar refractivity (Wildman–Crippen MR) is 81.9 cm³/mol. The minimum absolute atomic E-state index is 0.0496. The van der Waals surface area contributed by atoms with Gasteiger partial charge in [0.2, 0.25) is 0 Å². The predicted octanol–water partition coefficient (Wildman–Crippen LogP) is 4.08. The lowest BCUT2D eigenvalue weighted by atomic mass is 9.90. The summed E-state index contributed by atoms with van der Waals surface area (Å²) < 4.78 is 6.21. The van der Waals surface area contributed by atoms with E-state index in [2.05, 4.69) is 50.2 Å². The van der Waals surface area contributed by atoms with Gasteiger partial charge in [-0.25, -0.2) is 0 Å². The number of fused-ring (bicyclic) bond motifs is 1. The lowest BCUT2D eigenvalue weighted by Crippen LogP contribution is -2.24. The first-order valence-corrected chi connectivity index (χ1v) is 7.29. The molecular weight excluding hydrogens is 246 g/mol. The summed E-state index contributed by atoms with van der Waals surface area (Å²) in [6.45, 7) is 4.27. The highest BCUT2D eigenvalue weighted by molar-refractivity contribution is 5.42. The summed E-state index contributed by atoms with van der Waals surface area (Å²) in [7, 11) is 0. The number of nitrogens with two attached hydrogens (primary N) is 1. The van der Waals surface area contributed by atoms with E-state index in [4.69, 9.17) is 10.5 Å². The van der Waals surface area contributed by atoms with Crippen molar-refractivity contribution in [3.63, 3.8) is 0 Å². The van der Waals surface area contributed by atoms with Crippen LogP contribution >= 0.6 is 0 Å². The van der Waals surface area contributed by atoms with Gasteiger partial charge in [-0.05, 0) is 30.5 Å². The number of hydrogen-bond acceptors (Lipinski definition) is 2. The summed E-state index contributed by atoms with van der Waals surface area (Å²) in [5.41, 5.74) is 11.3. The summed E-state index contributed by atoms with van der Waals surface area (Å²) in [6.07, 6.45) is 1.93. The fraction of sp³-hybridized carbons (Fsp3) is 0.333. The van der Waals surface area contributed by atoms with Crippen molar-refractivity contribution in [2.75, 3.05) is 0 Å². The van der Waals surface area contributed by atoms with Gasteiger partial charge >= 0.3 is 0 Å². The number of benzene rings is 2. The highest BCUT2D eigenvalue weighted by Crippen LogP contribution is 2.40. The second-order valence-corrected chi connectivity index (χ2v) is 5.54. The molecule has 2 unspecified atom stereocenters. The molecule has 0 bridgehead atoms. The van der Waals surface area contributed by atoms with Crippen molar-refractivity contribution in [1.82, 2.24) is 0 Å². The van der Waals surface area contributed by atoms with Crippen LogP contribution in [0.25, 0.3) is 0 Å². The Balaban J connectivity index is 1.97. The smallest absolute Gasteiger partial charge is 0.126 e. The van der Waals surface area contributed by atoms with Gasteiger partial charge in [0.05, 0.1) is 0 Å². The van der Waals surface area contributed by atoms with Crippen molar-refractivity contribution < 1.29 is 4.74 Å². The maximum Gasteiger partial charge on any atom is 0.126 e. The molecule has 0 saturated carbocycles. The van der Waals surface area contributed by atoms with Gasteiger partial charge in [-0.3, -0.25) is 0 Å². The Morgan fingerprint density at radius 3 is 2.75 bits per heavy atom. The SMILES string of the molecule is CCc1ccccc1C1CC(N)c2cc(C)ccc2O1. The van der Waals surface area contributed by atoms with Crippen LogP contribution in [0.1, 0.15) is 47.7 Å². The Morgan fingerprint density at radius 2 is 1.95 bits per heavy atom. The Morgan fingerprint density at radius 1 is 1.15 bits per heavy atom. The lowest BCUT2D eigenvalue weighted by molar-refractivity contribution is 0.160. The number of aryl methyl sites for hydroxylation is 2. The average Bonchev–Trinajstić information content (AvgIpc) is 2.47. The minimum atomic E-state index is 0.0496. The average molecular weight is 267 g/mol. The van der Waals surface area contributed by atoms with Crippen molar-refractivity contribution >= 4 is 0 Å². The number of hydrogen-bond donors (Lipinski definition) is 1. The van der Waals surface area contributed by atoms with Crippen LogP contribution in [0.4, 0.5) is 0 Å². The van der Waals surface area contributed by atoms with Crippen LogP contribution in [0.2, 0.25) is 0 Å². The van der Waals surface area contributed by atoms with E-state index in [9.17, 15) is 0 Å². The molecule has 0 saturated heterocycles. The van der Waals surface area contributed by atoms with Crippen LogP contribution in [0.3, 0.4) is 0 Å². The Kier molecular flexibility index (Phi) is 3.49. The van der Waals surface area contributed by atoms with E-state index in [1.54, 1.807) is 0 Å². The van der Waals surface area contributed by atoms with E-state index in [-0.39, 0.29) is 12.1 Å². The van der Waals surface area contributed by atoms with E-state index in [1.165, 1.54) is 16.7 Å². The third kappa shape index (κ3) is 2.32. The maximum atomic E-state index is 6.35. The number of ether oxygens (including phenoxy) is 1. The van der Waals surface area contributed by atoms with E-state index < -0.39 is 0 Å².